The molecule has 0 saturated heterocycles. The second-order valence-electron chi connectivity index (χ2n) is 5.56. The maximum absolute atomic E-state index is 5.72. The number of hydrogen-bond donors (Lipinski definition) is 2. The third-order valence-electron chi connectivity index (χ3n) is 3.85. The molecule has 2 aromatic rings. The van der Waals surface area contributed by atoms with Crippen molar-refractivity contribution in [2.24, 2.45) is 4.99 Å². The minimum absolute atomic E-state index is 0. The van der Waals surface area contributed by atoms with Gasteiger partial charge in [0.1, 0.15) is 18.1 Å². The van der Waals surface area contributed by atoms with Gasteiger partial charge in [0, 0.05) is 19.7 Å². The summed E-state index contributed by atoms with van der Waals surface area (Å²) in [7, 11) is 3.40. The number of rotatable bonds is 7. The zero-order chi connectivity index (χ0) is 18.2. The van der Waals surface area contributed by atoms with Gasteiger partial charge >= 0.3 is 0 Å². The molecule has 0 fully saturated rings. The van der Waals surface area contributed by atoms with Crippen LogP contribution in [0.5, 0.6) is 23.0 Å². The molecular weight excluding hydrogens is 461 g/mol. The van der Waals surface area contributed by atoms with Crippen molar-refractivity contribution in [2.45, 2.75) is 6.54 Å². The number of nitrogens with zero attached hydrogens (tertiary/aromatic N) is 1. The SMILES string of the molecule is CN=C(NCCOc1ccc2c(c1)OCO2)NCc1ccc(OC)cc1.I. The summed E-state index contributed by atoms with van der Waals surface area (Å²) < 4.78 is 21.5. The summed E-state index contributed by atoms with van der Waals surface area (Å²) >= 11 is 0. The van der Waals surface area contributed by atoms with Crippen LogP contribution >= 0.6 is 24.0 Å². The first-order valence-electron chi connectivity index (χ1n) is 8.38. The number of benzene rings is 2. The smallest absolute Gasteiger partial charge is 0.231 e. The van der Waals surface area contributed by atoms with E-state index in [2.05, 4.69) is 15.6 Å². The molecule has 8 heteroatoms. The molecular formula is C19H24IN3O4. The summed E-state index contributed by atoms with van der Waals surface area (Å²) in [5.41, 5.74) is 1.14. The molecule has 1 heterocycles. The Hall–Kier alpha value is -2.36. The molecule has 0 amide bonds. The number of aliphatic imine (C=N–C) groups is 1. The van der Waals surface area contributed by atoms with Crippen LogP contribution in [-0.4, -0.2) is 40.1 Å². The summed E-state index contributed by atoms with van der Waals surface area (Å²) in [6.07, 6.45) is 0. The second kappa shape index (κ2) is 10.7. The van der Waals surface area contributed by atoms with Gasteiger partial charge in [-0.1, -0.05) is 12.1 Å². The quantitative estimate of drug-likeness (QED) is 0.272. The van der Waals surface area contributed by atoms with Crippen LogP contribution in [0.4, 0.5) is 0 Å². The van der Waals surface area contributed by atoms with Crippen LogP contribution in [0.3, 0.4) is 0 Å². The lowest BCUT2D eigenvalue weighted by Crippen LogP contribution is -2.38. The fourth-order valence-corrected chi connectivity index (χ4v) is 2.45. The van der Waals surface area contributed by atoms with E-state index in [-0.39, 0.29) is 30.8 Å². The lowest BCUT2D eigenvalue weighted by Gasteiger charge is -2.13. The van der Waals surface area contributed by atoms with Crippen molar-refractivity contribution in [1.82, 2.24) is 10.6 Å². The van der Waals surface area contributed by atoms with Gasteiger partial charge in [-0.2, -0.15) is 0 Å². The predicted octanol–water partition coefficient (Wildman–Crippen LogP) is 2.79. The van der Waals surface area contributed by atoms with Crippen LogP contribution in [0.15, 0.2) is 47.5 Å². The minimum atomic E-state index is 0. The first-order valence-corrected chi connectivity index (χ1v) is 8.38. The summed E-state index contributed by atoms with van der Waals surface area (Å²) in [6, 6.07) is 13.5. The largest absolute Gasteiger partial charge is 0.497 e. The topological polar surface area (TPSA) is 73.3 Å². The van der Waals surface area contributed by atoms with Gasteiger partial charge in [0.15, 0.2) is 17.5 Å². The van der Waals surface area contributed by atoms with Crippen LogP contribution in [0, 0.1) is 0 Å². The van der Waals surface area contributed by atoms with Gasteiger partial charge in [-0.15, -0.1) is 24.0 Å². The fourth-order valence-electron chi connectivity index (χ4n) is 2.45. The predicted molar refractivity (Wildman–Crippen MR) is 115 cm³/mol. The van der Waals surface area contributed by atoms with E-state index in [0.717, 1.165) is 28.8 Å². The maximum Gasteiger partial charge on any atom is 0.231 e. The molecule has 0 spiro atoms. The standard InChI is InChI=1S/C19H23N3O4.HI/c1-20-19(22-12-14-3-5-15(23-2)6-4-14)21-9-10-24-16-7-8-17-18(11-16)26-13-25-17;/h3-8,11H,9-10,12-13H2,1-2H3,(H2,20,21,22);1H. The molecule has 7 nitrogen and oxygen atoms in total. The average molecular weight is 485 g/mol. The first-order chi connectivity index (χ1) is 12.8. The van der Waals surface area contributed by atoms with Crippen LogP contribution in [0.25, 0.3) is 0 Å². The van der Waals surface area contributed by atoms with E-state index in [1.165, 1.54) is 0 Å². The van der Waals surface area contributed by atoms with Gasteiger partial charge in [0.2, 0.25) is 6.79 Å². The van der Waals surface area contributed by atoms with E-state index in [1.54, 1.807) is 14.2 Å². The van der Waals surface area contributed by atoms with Crippen molar-refractivity contribution in [3.8, 4) is 23.0 Å². The number of ether oxygens (including phenoxy) is 4. The van der Waals surface area contributed by atoms with Crippen molar-refractivity contribution in [3.05, 3.63) is 48.0 Å². The van der Waals surface area contributed by atoms with E-state index < -0.39 is 0 Å². The van der Waals surface area contributed by atoms with Crippen LogP contribution in [0.2, 0.25) is 0 Å². The normalized spacial score (nSPS) is 12.1. The third-order valence-corrected chi connectivity index (χ3v) is 3.85. The van der Waals surface area contributed by atoms with Crippen molar-refractivity contribution in [2.75, 3.05) is 34.1 Å². The molecule has 27 heavy (non-hydrogen) atoms. The molecule has 0 atom stereocenters. The highest BCUT2D eigenvalue weighted by Gasteiger charge is 2.13. The Morgan fingerprint density at radius 3 is 2.52 bits per heavy atom. The lowest BCUT2D eigenvalue weighted by atomic mass is 10.2. The van der Waals surface area contributed by atoms with Crippen LogP contribution in [0.1, 0.15) is 5.56 Å². The number of fused-ring (bicyclic) bond motifs is 1. The summed E-state index contributed by atoms with van der Waals surface area (Å²) in [4.78, 5) is 4.21. The summed E-state index contributed by atoms with van der Waals surface area (Å²) in [6.45, 7) is 2.06. The monoisotopic (exact) mass is 485 g/mol. The number of halogens is 1. The molecule has 0 saturated carbocycles. The number of guanidine groups is 1. The molecule has 0 unspecified atom stereocenters. The first kappa shape index (κ1) is 20.9. The van der Waals surface area contributed by atoms with E-state index in [4.69, 9.17) is 18.9 Å². The summed E-state index contributed by atoms with van der Waals surface area (Å²) in [5, 5.41) is 6.48. The minimum Gasteiger partial charge on any atom is -0.497 e. The lowest BCUT2D eigenvalue weighted by molar-refractivity contribution is 0.173. The molecule has 0 aromatic heterocycles. The van der Waals surface area contributed by atoms with Gasteiger partial charge in [0.05, 0.1) is 13.7 Å². The zero-order valence-corrected chi connectivity index (χ0v) is 17.7. The van der Waals surface area contributed by atoms with E-state index in [9.17, 15) is 0 Å². The Morgan fingerprint density at radius 2 is 1.78 bits per heavy atom. The Labute approximate surface area is 176 Å². The molecule has 0 radical (unpaired) electrons. The molecule has 146 valence electrons. The van der Waals surface area contributed by atoms with Gasteiger partial charge in [-0.25, -0.2) is 0 Å². The number of hydrogen-bond acceptors (Lipinski definition) is 5. The van der Waals surface area contributed by atoms with Gasteiger partial charge < -0.3 is 29.6 Å². The van der Waals surface area contributed by atoms with Gasteiger partial charge in [-0.05, 0) is 29.8 Å². The molecule has 2 N–H and O–H groups in total. The van der Waals surface area contributed by atoms with E-state index in [0.29, 0.717) is 25.4 Å². The van der Waals surface area contributed by atoms with Gasteiger partial charge in [0.25, 0.3) is 0 Å². The zero-order valence-electron chi connectivity index (χ0n) is 15.4. The maximum atomic E-state index is 5.72. The molecule has 0 bridgehead atoms. The average Bonchev–Trinajstić information content (AvgIpc) is 3.15. The Morgan fingerprint density at radius 1 is 1.04 bits per heavy atom. The highest BCUT2D eigenvalue weighted by atomic mass is 127. The van der Waals surface area contributed by atoms with Crippen molar-refractivity contribution in [1.29, 1.82) is 0 Å². The Bertz CT molecular complexity index is 753. The Balaban J connectivity index is 0.00000261. The molecule has 1 aliphatic rings. The van der Waals surface area contributed by atoms with Gasteiger partial charge in [-0.3, -0.25) is 4.99 Å². The van der Waals surface area contributed by atoms with E-state index in [1.807, 2.05) is 42.5 Å². The fraction of sp³-hybridized carbons (Fsp3) is 0.316. The van der Waals surface area contributed by atoms with Crippen molar-refractivity contribution >= 4 is 29.9 Å². The second-order valence-corrected chi connectivity index (χ2v) is 5.56. The molecule has 3 rings (SSSR count). The van der Waals surface area contributed by atoms with Crippen LogP contribution in [-0.2, 0) is 6.54 Å². The number of methoxy groups -OCH3 is 1. The Kier molecular flexibility index (Phi) is 8.31. The highest BCUT2D eigenvalue weighted by molar-refractivity contribution is 14.0. The van der Waals surface area contributed by atoms with E-state index >= 15 is 0 Å². The van der Waals surface area contributed by atoms with Crippen LogP contribution < -0.4 is 29.6 Å². The molecule has 0 aliphatic carbocycles. The van der Waals surface area contributed by atoms with Crippen molar-refractivity contribution < 1.29 is 18.9 Å². The number of nitrogens with one attached hydrogen (secondary N) is 2. The molecule has 1 aliphatic heterocycles. The molecule has 2 aromatic carbocycles. The van der Waals surface area contributed by atoms with Crippen molar-refractivity contribution in [3.63, 3.8) is 0 Å². The highest BCUT2D eigenvalue weighted by Crippen LogP contribution is 2.34. The summed E-state index contributed by atoms with van der Waals surface area (Å²) in [5.74, 6) is 3.77. The third kappa shape index (κ3) is 6.09.